The summed E-state index contributed by atoms with van der Waals surface area (Å²) in [6.45, 7) is 1.99. The third-order valence-corrected chi connectivity index (χ3v) is 6.63. The van der Waals surface area contributed by atoms with Crippen LogP contribution in [0, 0.1) is 6.92 Å². The van der Waals surface area contributed by atoms with Crippen molar-refractivity contribution in [2.24, 2.45) is 0 Å². The monoisotopic (exact) mass is 420 g/mol. The zero-order valence-electron chi connectivity index (χ0n) is 16.0. The van der Waals surface area contributed by atoms with Crippen LogP contribution in [-0.2, 0) is 0 Å². The number of amides is 1. The normalized spacial score (nSPS) is 26.0. The number of aromatic nitrogens is 2. The maximum atomic E-state index is 13.1. The lowest BCUT2D eigenvalue weighted by atomic mass is 9.99. The number of nitrogens with zero attached hydrogens (tertiary/aromatic N) is 2. The van der Waals surface area contributed by atoms with Gasteiger partial charge in [0.25, 0.3) is 5.91 Å². The quantitative estimate of drug-likeness (QED) is 0.780. The van der Waals surface area contributed by atoms with E-state index in [1.54, 1.807) is 6.20 Å². The minimum atomic E-state index is 0. The fourth-order valence-corrected chi connectivity index (χ4v) is 4.81. The molecule has 5 nitrogen and oxygen atoms in total. The van der Waals surface area contributed by atoms with Crippen LogP contribution in [0.1, 0.15) is 66.1 Å². The topological polar surface area (TPSA) is 59.0 Å². The number of aryl methyl sites for hydroxylation is 1. The van der Waals surface area contributed by atoms with Gasteiger partial charge in [0.05, 0.1) is 23.1 Å². The van der Waals surface area contributed by atoms with Crippen molar-refractivity contribution < 1.29 is 4.79 Å². The summed E-state index contributed by atoms with van der Waals surface area (Å²) in [6.07, 6.45) is 8.48. The molecule has 2 atom stereocenters. The Hall–Kier alpha value is -1.56. The molecule has 2 aliphatic heterocycles. The first-order chi connectivity index (χ1) is 13.1. The Morgan fingerprint density at radius 3 is 2.57 bits per heavy atom. The third kappa shape index (κ3) is 3.68. The summed E-state index contributed by atoms with van der Waals surface area (Å²) in [4.78, 5) is 13.1. The van der Waals surface area contributed by atoms with Crippen LogP contribution in [0.15, 0.2) is 24.4 Å². The molecule has 3 aliphatic rings. The highest BCUT2D eigenvalue weighted by Crippen LogP contribution is 2.42. The van der Waals surface area contributed by atoms with E-state index in [0.29, 0.717) is 18.0 Å². The van der Waals surface area contributed by atoms with E-state index >= 15 is 0 Å². The van der Waals surface area contributed by atoms with Crippen molar-refractivity contribution in [3.05, 3.63) is 46.2 Å². The van der Waals surface area contributed by atoms with Crippen LogP contribution in [-0.4, -0.2) is 33.8 Å². The van der Waals surface area contributed by atoms with Crippen molar-refractivity contribution >= 4 is 29.9 Å². The highest BCUT2D eigenvalue weighted by atomic mass is 35.5. The third-order valence-electron chi connectivity index (χ3n) is 6.22. The molecule has 0 radical (unpaired) electrons. The van der Waals surface area contributed by atoms with E-state index in [1.807, 2.05) is 29.8 Å². The Kier molecular flexibility index (Phi) is 5.43. The molecule has 1 aromatic carbocycles. The fraction of sp³-hybridized carbons (Fsp3) is 0.524. The second-order valence-corrected chi connectivity index (χ2v) is 8.75. The van der Waals surface area contributed by atoms with E-state index in [0.717, 1.165) is 53.2 Å². The van der Waals surface area contributed by atoms with Crippen molar-refractivity contribution in [2.75, 3.05) is 0 Å². The lowest BCUT2D eigenvalue weighted by molar-refractivity contribution is 0.0923. The van der Waals surface area contributed by atoms with Gasteiger partial charge in [0.15, 0.2) is 0 Å². The van der Waals surface area contributed by atoms with Crippen LogP contribution in [0.4, 0.5) is 0 Å². The van der Waals surface area contributed by atoms with Crippen LogP contribution < -0.4 is 10.6 Å². The molecule has 3 fully saturated rings. The predicted molar refractivity (Wildman–Crippen MR) is 113 cm³/mol. The van der Waals surface area contributed by atoms with Crippen LogP contribution in [0.25, 0.3) is 5.69 Å². The minimum absolute atomic E-state index is 0. The number of carbonyl (C=O) groups excluding carboxylic acids is 1. The second-order valence-electron chi connectivity index (χ2n) is 8.34. The van der Waals surface area contributed by atoms with Crippen LogP contribution in [0.5, 0.6) is 0 Å². The summed E-state index contributed by atoms with van der Waals surface area (Å²) < 4.78 is 1.91. The average molecular weight is 421 g/mol. The van der Waals surface area contributed by atoms with Crippen molar-refractivity contribution in [2.45, 2.75) is 69.5 Å². The Balaban J connectivity index is 0.00000192. The summed E-state index contributed by atoms with van der Waals surface area (Å²) in [7, 11) is 0. The molecule has 3 heterocycles. The number of hydrogen-bond donors (Lipinski definition) is 2. The molecule has 2 N–H and O–H groups in total. The van der Waals surface area contributed by atoms with E-state index in [-0.39, 0.29) is 24.4 Å². The van der Waals surface area contributed by atoms with Gasteiger partial charge in [-0.05, 0) is 63.1 Å². The Labute approximate surface area is 176 Å². The number of hydrogen-bond acceptors (Lipinski definition) is 3. The van der Waals surface area contributed by atoms with Crippen LogP contribution >= 0.6 is 24.0 Å². The van der Waals surface area contributed by atoms with Gasteiger partial charge in [-0.2, -0.15) is 5.10 Å². The Morgan fingerprint density at radius 1 is 1.21 bits per heavy atom. The molecular formula is C21H26Cl2N4O. The molecule has 2 unspecified atom stereocenters. The van der Waals surface area contributed by atoms with Crippen molar-refractivity contribution in [1.82, 2.24) is 20.4 Å². The molecular weight excluding hydrogens is 395 g/mol. The number of benzene rings is 1. The molecule has 1 amide bonds. The maximum Gasteiger partial charge on any atom is 0.255 e. The van der Waals surface area contributed by atoms with Gasteiger partial charge in [-0.15, -0.1) is 12.4 Å². The zero-order valence-corrected chi connectivity index (χ0v) is 17.5. The number of rotatable bonds is 4. The number of carbonyl (C=O) groups is 1. The highest BCUT2D eigenvalue weighted by Gasteiger charge is 2.36. The number of piperidine rings is 1. The van der Waals surface area contributed by atoms with Gasteiger partial charge in [0.1, 0.15) is 0 Å². The summed E-state index contributed by atoms with van der Waals surface area (Å²) in [5.74, 6) is 0.435. The zero-order chi connectivity index (χ0) is 18.5. The summed E-state index contributed by atoms with van der Waals surface area (Å²) in [5, 5.41) is 12.2. The van der Waals surface area contributed by atoms with E-state index < -0.39 is 0 Å². The first kappa shape index (κ1) is 19.7. The van der Waals surface area contributed by atoms with Crippen molar-refractivity contribution in [1.29, 1.82) is 0 Å². The van der Waals surface area contributed by atoms with E-state index in [2.05, 4.69) is 15.7 Å². The van der Waals surface area contributed by atoms with Crippen molar-refractivity contribution in [3.63, 3.8) is 0 Å². The molecule has 1 saturated carbocycles. The van der Waals surface area contributed by atoms with Gasteiger partial charge >= 0.3 is 0 Å². The van der Waals surface area contributed by atoms with Gasteiger partial charge in [-0.25, -0.2) is 4.68 Å². The Morgan fingerprint density at radius 2 is 1.93 bits per heavy atom. The molecule has 5 rings (SSSR count). The smallest absolute Gasteiger partial charge is 0.255 e. The van der Waals surface area contributed by atoms with Crippen molar-refractivity contribution in [3.8, 4) is 5.69 Å². The van der Waals surface area contributed by atoms with Crippen LogP contribution in [0.2, 0.25) is 5.02 Å². The highest BCUT2D eigenvalue weighted by molar-refractivity contribution is 6.31. The standard InChI is InChI=1S/C21H25ClN4O.ClH/c1-12-2-7-17(10-19(12)22)26-20(13-3-4-13)18(11-23-26)21(27)25-16-8-14-5-6-15(9-16)24-14;/h2,7,10-11,13-16,24H,3-6,8-9H2,1H3,(H,25,27);1H. The number of nitrogens with one attached hydrogen (secondary N) is 2. The van der Waals surface area contributed by atoms with Gasteiger partial charge in [0.2, 0.25) is 0 Å². The molecule has 7 heteroatoms. The van der Waals surface area contributed by atoms with Gasteiger partial charge in [-0.1, -0.05) is 17.7 Å². The first-order valence-electron chi connectivity index (χ1n) is 10.00. The summed E-state index contributed by atoms with van der Waals surface area (Å²) in [6, 6.07) is 7.35. The van der Waals surface area contributed by atoms with Gasteiger partial charge < -0.3 is 10.6 Å². The lowest BCUT2D eigenvalue weighted by Gasteiger charge is -2.29. The second kappa shape index (κ2) is 7.69. The fourth-order valence-electron chi connectivity index (χ4n) is 4.64. The van der Waals surface area contributed by atoms with Crippen LogP contribution in [0.3, 0.4) is 0 Å². The molecule has 0 spiro atoms. The molecule has 2 bridgehead atoms. The molecule has 150 valence electrons. The molecule has 2 aromatic rings. The minimum Gasteiger partial charge on any atom is -0.349 e. The first-order valence-corrected chi connectivity index (χ1v) is 10.4. The number of fused-ring (bicyclic) bond motifs is 2. The van der Waals surface area contributed by atoms with E-state index in [1.165, 1.54) is 12.8 Å². The van der Waals surface area contributed by atoms with E-state index in [9.17, 15) is 4.79 Å². The van der Waals surface area contributed by atoms with E-state index in [4.69, 9.17) is 11.6 Å². The number of halogens is 2. The maximum absolute atomic E-state index is 13.1. The molecule has 28 heavy (non-hydrogen) atoms. The largest absolute Gasteiger partial charge is 0.349 e. The predicted octanol–water partition coefficient (Wildman–Crippen LogP) is 4.15. The lowest BCUT2D eigenvalue weighted by Crippen LogP contribution is -2.48. The summed E-state index contributed by atoms with van der Waals surface area (Å²) in [5.41, 5.74) is 3.72. The molecule has 1 aliphatic carbocycles. The Bertz CT molecular complexity index is 881. The molecule has 2 saturated heterocycles. The molecule has 1 aromatic heterocycles. The SMILES string of the molecule is Cc1ccc(-n2ncc(C(=O)NC3CC4CCC(C3)N4)c2C2CC2)cc1Cl.Cl. The van der Waals surface area contributed by atoms with Gasteiger partial charge in [-0.3, -0.25) is 4.79 Å². The van der Waals surface area contributed by atoms with Gasteiger partial charge in [0, 0.05) is 29.1 Å². The summed E-state index contributed by atoms with van der Waals surface area (Å²) >= 11 is 6.32. The average Bonchev–Trinajstić information content (AvgIpc) is 3.30.